The van der Waals surface area contributed by atoms with Crippen LogP contribution in [0.1, 0.15) is 43.1 Å². The summed E-state index contributed by atoms with van der Waals surface area (Å²) in [4.78, 5) is 28.5. The predicted molar refractivity (Wildman–Crippen MR) is 107 cm³/mol. The van der Waals surface area contributed by atoms with Crippen molar-refractivity contribution in [1.82, 2.24) is 4.98 Å². The van der Waals surface area contributed by atoms with Gasteiger partial charge in [0.2, 0.25) is 0 Å². The van der Waals surface area contributed by atoms with E-state index in [-0.39, 0.29) is 17.1 Å². The molecule has 0 spiro atoms. The van der Waals surface area contributed by atoms with Crippen molar-refractivity contribution in [3.05, 3.63) is 59.9 Å². The van der Waals surface area contributed by atoms with Gasteiger partial charge < -0.3 is 14.2 Å². The first kappa shape index (κ1) is 18.9. The smallest absolute Gasteiger partial charge is 0.343 e. The largest absolute Gasteiger partial charge is 0.487 e. The van der Waals surface area contributed by atoms with Crippen molar-refractivity contribution < 1.29 is 23.8 Å². The number of aromatic nitrogens is 1. The molecule has 1 aliphatic heterocycles. The average molecular weight is 391 g/mol. The first-order chi connectivity index (χ1) is 13.9. The number of carbonyl (C=O) groups is 2. The highest BCUT2D eigenvalue weighted by molar-refractivity contribution is 6.00. The van der Waals surface area contributed by atoms with E-state index >= 15 is 0 Å². The van der Waals surface area contributed by atoms with Crippen LogP contribution in [0.25, 0.3) is 10.8 Å². The fourth-order valence-corrected chi connectivity index (χ4v) is 3.49. The molecule has 6 heteroatoms. The van der Waals surface area contributed by atoms with Crippen LogP contribution in [0.4, 0.5) is 0 Å². The van der Waals surface area contributed by atoms with Gasteiger partial charge in [0.25, 0.3) is 0 Å². The molecule has 0 radical (unpaired) electrons. The lowest BCUT2D eigenvalue weighted by Gasteiger charge is -2.34. The Morgan fingerprint density at radius 3 is 2.38 bits per heavy atom. The molecule has 0 saturated carbocycles. The van der Waals surface area contributed by atoms with Crippen molar-refractivity contribution in [3.8, 4) is 17.2 Å². The van der Waals surface area contributed by atoms with Crippen LogP contribution in [0.3, 0.4) is 0 Å². The van der Waals surface area contributed by atoms with E-state index in [1.165, 1.54) is 19.3 Å². The zero-order valence-corrected chi connectivity index (χ0v) is 16.5. The Hall–Kier alpha value is -3.41. The number of pyridine rings is 1. The van der Waals surface area contributed by atoms with Crippen LogP contribution >= 0.6 is 0 Å². The van der Waals surface area contributed by atoms with Gasteiger partial charge in [-0.15, -0.1) is 0 Å². The van der Waals surface area contributed by atoms with Crippen LogP contribution in [-0.4, -0.2) is 22.5 Å². The van der Waals surface area contributed by atoms with E-state index in [2.05, 4.69) is 4.98 Å². The lowest BCUT2D eigenvalue weighted by molar-refractivity contribution is -0.131. The molecule has 1 aromatic heterocycles. The third-order valence-electron chi connectivity index (χ3n) is 4.88. The topological polar surface area (TPSA) is 74.7 Å². The van der Waals surface area contributed by atoms with Crippen LogP contribution in [0, 0.1) is 0 Å². The molecule has 1 aliphatic rings. The molecule has 2 heterocycles. The van der Waals surface area contributed by atoms with Gasteiger partial charge in [-0.2, -0.15) is 0 Å². The van der Waals surface area contributed by atoms with Crippen molar-refractivity contribution in [2.24, 2.45) is 0 Å². The van der Waals surface area contributed by atoms with Crippen LogP contribution in [0.2, 0.25) is 0 Å². The quantitative estimate of drug-likeness (QED) is 0.484. The normalized spacial score (nSPS) is 14.6. The van der Waals surface area contributed by atoms with E-state index in [1.54, 1.807) is 12.1 Å². The van der Waals surface area contributed by atoms with Crippen molar-refractivity contribution in [2.45, 2.75) is 39.2 Å². The number of ether oxygens (including phenoxy) is 3. The third kappa shape index (κ3) is 3.66. The molecule has 0 amide bonds. The summed E-state index contributed by atoms with van der Waals surface area (Å²) in [5.74, 6) is 0.0746. The van der Waals surface area contributed by atoms with Gasteiger partial charge >= 0.3 is 11.9 Å². The number of hydrogen-bond acceptors (Lipinski definition) is 6. The maximum absolute atomic E-state index is 12.8. The monoisotopic (exact) mass is 391 g/mol. The molecule has 6 nitrogen and oxygen atoms in total. The lowest BCUT2D eigenvalue weighted by Crippen LogP contribution is -2.33. The van der Waals surface area contributed by atoms with E-state index in [0.29, 0.717) is 23.1 Å². The van der Waals surface area contributed by atoms with E-state index in [0.717, 1.165) is 17.4 Å². The molecule has 0 fully saturated rings. The van der Waals surface area contributed by atoms with Gasteiger partial charge in [-0.05, 0) is 38.8 Å². The van der Waals surface area contributed by atoms with Gasteiger partial charge in [-0.1, -0.05) is 24.3 Å². The second kappa shape index (κ2) is 7.20. The Balaban J connectivity index is 1.93. The number of nitrogens with zero attached hydrogens (tertiary/aromatic N) is 1. The van der Waals surface area contributed by atoms with Crippen molar-refractivity contribution in [1.29, 1.82) is 0 Å². The van der Waals surface area contributed by atoms with Crippen molar-refractivity contribution in [2.75, 3.05) is 0 Å². The number of fused-ring (bicyclic) bond motifs is 3. The van der Waals surface area contributed by atoms with Crippen LogP contribution in [0.15, 0.2) is 48.8 Å². The zero-order valence-electron chi connectivity index (χ0n) is 16.5. The third-order valence-corrected chi connectivity index (χ3v) is 4.88. The summed E-state index contributed by atoms with van der Waals surface area (Å²) in [6.07, 6.45) is 4.40. The number of benzene rings is 2. The Morgan fingerprint density at radius 2 is 1.69 bits per heavy atom. The molecule has 0 aliphatic carbocycles. The molecular formula is C23H21NO5. The van der Waals surface area contributed by atoms with Gasteiger partial charge in [0.1, 0.15) is 11.4 Å². The second-order valence-electron chi connectivity index (χ2n) is 7.59. The Morgan fingerprint density at radius 1 is 1.00 bits per heavy atom. The van der Waals surface area contributed by atoms with Crippen LogP contribution in [0.5, 0.6) is 17.2 Å². The van der Waals surface area contributed by atoms with Gasteiger partial charge in [0, 0.05) is 35.7 Å². The molecule has 0 saturated heterocycles. The molecule has 3 aromatic rings. The maximum Gasteiger partial charge on any atom is 0.343 e. The van der Waals surface area contributed by atoms with Gasteiger partial charge in [-0.25, -0.2) is 4.79 Å². The van der Waals surface area contributed by atoms with Gasteiger partial charge in [-0.3, -0.25) is 9.78 Å². The fourth-order valence-electron chi connectivity index (χ4n) is 3.49. The molecule has 0 atom stereocenters. The molecular weight excluding hydrogens is 370 g/mol. The highest BCUT2D eigenvalue weighted by Gasteiger charge is 2.34. The van der Waals surface area contributed by atoms with E-state index in [1.807, 2.05) is 38.1 Å². The van der Waals surface area contributed by atoms with E-state index < -0.39 is 11.9 Å². The zero-order chi connectivity index (χ0) is 20.6. The lowest BCUT2D eigenvalue weighted by atomic mass is 9.91. The predicted octanol–water partition coefficient (Wildman–Crippen LogP) is 4.48. The molecule has 2 aromatic carbocycles. The van der Waals surface area contributed by atoms with E-state index in [9.17, 15) is 9.59 Å². The van der Waals surface area contributed by atoms with Crippen LogP contribution < -0.4 is 14.2 Å². The Kier molecular flexibility index (Phi) is 4.70. The number of carbonyl (C=O) groups excluding carboxylic acids is 2. The number of esters is 2. The minimum atomic E-state index is -0.553. The molecule has 0 N–H and O–H groups in total. The first-order valence-corrected chi connectivity index (χ1v) is 9.43. The summed E-state index contributed by atoms with van der Waals surface area (Å²) in [6.45, 7) is 5.36. The minimum Gasteiger partial charge on any atom is -0.487 e. The average Bonchev–Trinajstić information content (AvgIpc) is 2.70. The maximum atomic E-state index is 12.8. The summed E-state index contributed by atoms with van der Waals surface area (Å²) in [6, 6.07) is 10.6. The number of rotatable bonds is 3. The molecule has 148 valence electrons. The second-order valence-corrected chi connectivity index (χ2v) is 7.59. The number of hydrogen-bond donors (Lipinski definition) is 0. The summed E-state index contributed by atoms with van der Waals surface area (Å²) in [5, 5.41) is 1.46. The highest BCUT2D eigenvalue weighted by atomic mass is 16.6. The molecule has 0 unspecified atom stereocenters. The van der Waals surface area contributed by atoms with Gasteiger partial charge in [0.15, 0.2) is 11.5 Å². The highest BCUT2D eigenvalue weighted by Crippen LogP contribution is 2.50. The van der Waals surface area contributed by atoms with Crippen molar-refractivity contribution >= 4 is 22.7 Å². The molecule has 0 bridgehead atoms. The summed E-state index contributed by atoms with van der Waals surface area (Å²) < 4.78 is 17.6. The summed E-state index contributed by atoms with van der Waals surface area (Å²) >= 11 is 0. The first-order valence-electron chi connectivity index (χ1n) is 9.43. The van der Waals surface area contributed by atoms with Crippen LogP contribution in [-0.2, 0) is 11.2 Å². The van der Waals surface area contributed by atoms with E-state index in [4.69, 9.17) is 14.2 Å². The standard InChI is InChI=1S/C23H21NO5/c1-14(25)27-20-17-7-5-4-6-16(17)19-18(8-11-23(2,3)29-19)21(20)28-22(26)15-9-12-24-13-10-15/h4-7,9-10,12-13H,8,11H2,1-3H3. The molecule has 4 rings (SSSR count). The molecule has 29 heavy (non-hydrogen) atoms. The minimum absolute atomic E-state index is 0.228. The summed E-state index contributed by atoms with van der Waals surface area (Å²) in [5.41, 5.74) is 0.722. The van der Waals surface area contributed by atoms with Gasteiger partial charge in [0.05, 0.1) is 5.56 Å². The Labute approximate surface area is 168 Å². The summed E-state index contributed by atoms with van der Waals surface area (Å²) in [7, 11) is 0. The van der Waals surface area contributed by atoms with Crippen molar-refractivity contribution in [3.63, 3.8) is 0 Å². The fraction of sp³-hybridized carbons (Fsp3) is 0.261. The Bertz CT molecular complexity index is 1110. The SMILES string of the molecule is CC(=O)Oc1c(OC(=O)c2ccncc2)c2c(c3ccccc13)OC(C)(C)CC2.